The molecule has 13 heavy (non-hydrogen) atoms. The van der Waals surface area contributed by atoms with E-state index >= 15 is 0 Å². The minimum absolute atomic E-state index is 0.139. The zero-order valence-corrected chi connectivity index (χ0v) is 8.84. The molecule has 0 aliphatic heterocycles. The zero-order valence-electron chi connectivity index (χ0n) is 8.84. The highest BCUT2D eigenvalue weighted by Gasteiger charge is 1.98. The molecule has 0 aliphatic rings. The van der Waals surface area contributed by atoms with Gasteiger partial charge in [-0.15, -0.1) is 0 Å². The quantitative estimate of drug-likeness (QED) is 0.318. The summed E-state index contributed by atoms with van der Waals surface area (Å²) in [5, 5.41) is 6.44. The molecule has 2 unspecified atom stereocenters. The summed E-state index contributed by atoms with van der Waals surface area (Å²) in [5.41, 5.74) is 11.4. The molecule has 4 nitrogen and oxygen atoms in total. The van der Waals surface area contributed by atoms with Crippen molar-refractivity contribution in [3.8, 4) is 0 Å². The Kier molecular flexibility index (Phi) is 8.33. The van der Waals surface area contributed by atoms with Gasteiger partial charge in [-0.05, 0) is 32.4 Å². The lowest BCUT2D eigenvalue weighted by molar-refractivity contribution is 0.467. The maximum absolute atomic E-state index is 5.68. The number of nitrogens with two attached hydrogens (primary N) is 2. The molecule has 80 valence electrons. The molecule has 0 amide bonds. The van der Waals surface area contributed by atoms with Crippen molar-refractivity contribution >= 4 is 0 Å². The van der Waals surface area contributed by atoms with Crippen LogP contribution in [0.2, 0.25) is 0 Å². The Morgan fingerprint density at radius 3 is 1.62 bits per heavy atom. The van der Waals surface area contributed by atoms with Gasteiger partial charge in [-0.25, -0.2) is 0 Å². The van der Waals surface area contributed by atoms with E-state index in [-0.39, 0.29) is 12.3 Å². The fraction of sp³-hybridized carbons (Fsp3) is 1.00. The van der Waals surface area contributed by atoms with E-state index in [1.807, 2.05) is 0 Å². The van der Waals surface area contributed by atoms with Gasteiger partial charge in [-0.2, -0.15) is 0 Å². The first-order valence-electron chi connectivity index (χ1n) is 5.18. The lowest BCUT2D eigenvalue weighted by atomic mass is 10.3. The number of hydrogen-bond donors (Lipinski definition) is 4. The summed E-state index contributed by atoms with van der Waals surface area (Å²) in [4.78, 5) is 0. The van der Waals surface area contributed by atoms with Crippen LogP contribution in [0, 0.1) is 0 Å². The second-order valence-electron chi connectivity index (χ2n) is 3.29. The Morgan fingerprint density at radius 1 is 0.923 bits per heavy atom. The van der Waals surface area contributed by atoms with Gasteiger partial charge in [-0.1, -0.05) is 13.8 Å². The minimum Gasteiger partial charge on any atom is -0.316 e. The molecule has 2 atom stereocenters. The van der Waals surface area contributed by atoms with E-state index < -0.39 is 0 Å². The van der Waals surface area contributed by atoms with Crippen molar-refractivity contribution in [3.63, 3.8) is 0 Å². The van der Waals surface area contributed by atoms with Crippen LogP contribution in [0.4, 0.5) is 0 Å². The summed E-state index contributed by atoms with van der Waals surface area (Å²) in [6.07, 6.45) is 3.30. The molecule has 6 N–H and O–H groups in total. The lowest BCUT2D eigenvalue weighted by Gasteiger charge is -2.13. The fourth-order valence-electron chi connectivity index (χ4n) is 0.952. The van der Waals surface area contributed by atoms with Gasteiger partial charge in [0.15, 0.2) is 0 Å². The minimum atomic E-state index is 0.139. The van der Waals surface area contributed by atoms with Gasteiger partial charge in [-0.3, -0.25) is 0 Å². The first kappa shape index (κ1) is 12.8. The molecule has 0 aromatic rings. The van der Waals surface area contributed by atoms with Crippen molar-refractivity contribution in [1.82, 2.24) is 10.6 Å². The molecule has 0 saturated heterocycles. The van der Waals surface area contributed by atoms with E-state index in [2.05, 4.69) is 24.5 Å². The summed E-state index contributed by atoms with van der Waals surface area (Å²) < 4.78 is 0. The topological polar surface area (TPSA) is 76.1 Å². The van der Waals surface area contributed by atoms with Crippen molar-refractivity contribution in [2.45, 2.75) is 45.4 Å². The smallest absolute Gasteiger partial charge is 0.0543 e. The van der Waals surface area contributed by atoms with Crippen LogP contribution in [0.5, 0.6) is 0 Å². The monoisotopic (exact) mass is 188 g/mol. The third-order valence-electron chi connectivity index (χ3n) is 2.05. The molecule has 0 spiro atoms. The van der Waals surface area contributed by atoms with Gasteiger partial charge < -0.3 is 22.1 Å². The second kappa shape index (κ2) is 8.44. The van der Waals surface area contributed by atoms with Crippen LogP contribution in [0.15, 0.2) is 0 Å². The first-order chi connectivity index (χ1) is 6.20. The van der Waals surface area contributed by atoms with Crippen molar-refractivity contribution in [2.24, 2.45) is 11.5 Å². The Bertz CT molecular complexity index is 95.8. The number of rotatable bonds is 8. The van der Waals surface area contributed by atoms with Crippen LogP contribution >= 0.6 is 0 Å². The van der Waals surface area contributed by atoms with E-state index in [4.69, 9.17) is 11.5 Å². The molecule has 0 heterocycles. The molecule has 0 aromatic heterocycles. The average Bonchev–Trinajstić information content (AvgIpc) is 2.16. The van der Waals surface area contributed by atoms with Crippen LogP contribution in [-0.4, -0.2) is 25.4 Å². The molecule has 0 aliphatic carbocycles. The summed E-state index contributed by atoms with van der Waals surface area (Å²) in [6.45, 7) is 6.06. The van der Waals surface area contributed by atoms with Gasteiger partial charge in [0.25, 0.3) is 0 Å². The molecule has 0 saturated carbocycles. The van der Waals surface area contributed by atoms with E-state index in [0.717, 1.165) is 32.4 Å². The molecular weight excluding hydrogens is 164 g/mol. The van der Waals surface area contributed by atoms with Crippen molar-refractivity contribution in [1.29, 1.82) is 0 Å². The Morgan fingerprint density at radius 2 is 1.31 bits per heavy atom. The molecule has 0 bridgehead atoms. The predicted octanol–water partition coefficient (Wildman–Crippen LogP) is -0.0547. The maximum atomic E-state index is 5.68. The van der Waals surface area contributed by atoms with Crippen molar-refractivity contribution < 1.29 is 0 Å². The predicted molar refractivity (Wildman–Crippen MR) is 57.2 cm³/mol. The Balaban J connectivity index is 3.08. The standard InChI is InChI=1S/C9H24N4/c1-3-8(10)12-6-5-7-13-9(11)4-2/h8-9,12-13H,3-7,10-11H2,1-2H3. The molecule has 0 aromatic carbocycles. The highest BCUT2D eigenvalue weighted by Crippen LogP contribution is 1.83. The van der Waals surface area contributed by atoms with Gasteiger partial charge in [0.2, 0.25) is 0 Å². The number of hydrogen-bond acceptors (Lipinski definition) is 4. The van der Waals surface area contributed by atoms with E-state index in [0.29, 0.717) is 0 Å². The van der Waals surface area contributed by atoms with Crippen LogP contribution in [0.3, 0.4) is 0 Å². The van der Waals surface area contributed by atoms with E-state index in [9.17, 15) is 0 Å². The third-order valence-corrected chi connectivity index (χ3v) is 2.05. The molecule has 0 rings (SSSR count). The third kappa shape index (κ3) is 8.18. The normalized spacial score (nSPS) is 15.7. The van der Waals surface area contributed by atoms with Crippen LogP contribution in [-0.2, 0) is 0 Å². The van der Waals surface area contributed by atoms with Crippen molar-refractivity contribution in [3.05, 3.63) is 0 Å². The molecule has 0 radical (unpaired) electrons. The van der Waals surface area contributed by atoms with Gasteiger partial charge in [0.1, 0.15) is 0 Å². The van der Waals surface area contributed by atoms with E-state index in [1.54, 1.807) is 0 Å². The lowest BCUT2D eigenvalue weighted by Crippen LogP contribution is -2.40. The maximum Gasteiger partial charge on any atom is 0.0543 e. The second-order valence-corrected chi connectivity index (χ2v) is 3.29. The van der Waals surface area contributed by atoms with Crippen LogP contribution in [0.25, 0.3) is 0 Å². The van der Waals surface area contributed by atoms with Crippen LogP contribution < -0.4 is 22.1 Å². The SMILES string of the molecule is CCC(N)NCCCNC(N)CC. The average molecular weight is 188 g/mol. The van der Waals surface area contributed by atoms with Gasteiger partial charge in [0, 0.05) is 0 Å². The van der Waals surface area contributed by atoms with Crippen LogP contribution in [0.1, 0.15) is 33.1 Å². The van der Waals surface area contributed by atoms with Gasteiger partial charge >= 0.3 is 0 Å². The zero-order chi connectivity index (χ0) is 10.1. The Hall–Kier alpha value is -0.160. The van der Waals surface area contributed by atoms with Gasteiger partial charge in [0.05, 0.1) is 12.3 Å². The molecule has 0 fully saturated rings. The summed E-state index contributed by atoms with van der Waals surface area (Å²) in [6, 6.07) is 0. The summed E-state index contributed by atoms with van der Waals surface area (Å²) >= 11 is 0. The fourth-order valence-corrected chi connectivity index (χ4v) is 0.952. The molecular formula is C9H24N4. The summed E-state index contributed by atoms with van der Waals surface area (Å²) in [5.74, 6) is 0. The number of nitrogens with one attached hydrogen (secondary N) is 2. The first-order valence-corrected chi connectivity index (χ1v) is 5.18. The molecule has 4 heteroatoms. The van der Waals surface area contributed by atoms with Crippen molar-refractivity contribution in [2.75, 3.05) is 13.1 Å². The van der Waals surface area contributed by atoms with E-state index in [1.165, 1.54) is 0 Å². The Labute approximate surface area is 81.4 Å². The summed E-state index contributed by atoms with van der Waals surface area (Å²) in [7, 11) is 0. The largest absolute Gasteiger partial charge is 0.316 e. The highest BCUT2D eigenvalue weighted by molar-refractivity contribution is 4.59. The highest BCUT2D eigenvalue weighted by atomic mass is 15.0.